The van der Waals surface area contributed by atoms with Gasteiger partial charge in [-0.15, -0.1) is 0 Å². The molecular weight excluding hydrogens is 587 g/mol. The maximum Gasteiger partial charge on any atom is 0.262 e. The third-order valence-corrected chi connectivity index (χ3v) is 8.22. The predicted molar refractivity (Wildman–Crippen MR) is 169 cm³/mol. The molecule has 1 aliphatic rings. The summed E-state index contributed by atoms with van der Waals surface area (Å²) in [5, 5.41) is 4.63. The fourth-order valence-electron chi connectivity index (χ4n) is 5.32. The summed E-state index contributed by atoms with van der Waals surface area (Å²) in [6.45, 7) is 2.57. The molecule has 218 valence electrons. The number of anilines is 1. The highest BCUT2D eigenvalue weighted by molar-refractivity contribution is 6.48. The van der Waals surface area contributed by atoms with Crippen LogP contribution < -0.4 is 21.0 Å². The van der Waals surface area contributed by atoms with Gasteiger partial charge in [0.2, 0.25) is 0 Å². The van der Waals surface area contributed by atoms with Crippen molar-refractivity contribution in [2.75, 3.05) is 12.4 Å². The van der Waals surface area contributed by atoms with Crippen LogP contribution in [0, 0.1) is 0 Å². The highest BCUT2D eigenvalue weighted by atomic mass is 35.5. The molecule has 2 aromatic carbocycles. The second kappa shape index (κ2) is 12.0. The van der Waals surface area contributed by atoms with Gasteiger partial charge in [-0.3, -0.25) is 14.2 Å². The van der Waals surface area contributed by atoms with E-state index >= 15 is 0 Å². The summed E-state index contributed by atoms with van der Waals surface area (Å²) >= 11 is 13.0. The second-order valence-corrected chi connectivity index (χ2v) is 11.1. The standard InChI is InChI=1S/C32H28Cl2N6O3/c1-19(30-38-25-9-5-8-24(34)27(25)32(42)40(30)17-21-6-3-4-7-23(21)33)37-29-28-26(41)14-15-39(31(28)36-18-35-29)16-20-10-12-22(43-2)13-11-20/h3-4,6-8,10-15,18-19H,5,9,16-17H2,1-2H3,(H,35,36,37)/t19-/m0/s1. The molecule has 0 fully saturated rings. The lowest BCUT2D eigenvalue weighted by Gasteiger charge is -2.23. The molecule has 0 aliphatic heterocycles. The lowest BCUT2D eigenvalue weighted by atomic mass is 10.0. The lowest BCUT2D eigenvalue weighted by molar-refractivity contribution is 0.414. The van der Waals surface area contributed by atoms with E-state index in [1.807, 2.05) is 60.0 Å². The Kier molecular flexibility index (Phi) is 8.01. The molecular formula is C32H28Cl2N6O3. The van der Waals surface area contributed by atoms with Gasteiger partial charge in [0.25, 0.3) is 5.56 Å². The molecule has 43 heavy (non-hydrogen) atoms. The molecule has 0 bridgehead atoms. The first-order chi connectivity index (χ1) is 20.8. The number of benzene rings is 2. The molecule has 0 saturated carbocycles. The van der Waals surface area contributed by atoms with Gasteiger partial charge in [-0.25, -0.2) is 15.0 Å². The summed E-state index contributed by atoms with van der Waals surface area (Å²) in [7, 11) is 1.62. The zero-order chi connectivity index (χ0) is 30.1. The molecule has 0 spiro atoms. The molecule has 11 heteroatoms. The Morgan fingerprint density at radius 2 is 1.81 bits per heavy atom. The van der Waals surface area contributed by atoms with E-state index in [2.05, 4.69) is 15.3 Å². The average molecular weight is 616 g/mol. The first-order valence-corrected chi connectivity index (χ1v) is 14.6. The van der Waals surface area contributed by atoms with Crippen molar-refractivity contribution < 1.29 is 4.74 Å². The van der Waals surface area contributed by atoms with Crippen molar-refractivity contribution in [3.63, 3.8) is 0 Å². The molecule has 1 aliphatic carbocycles. The third-order valence-electron chi connectivity index (χ3n) is 7.51. The van der Waals surface area contributed by atoms with Crippen molar-refractivity contribution >= 4 is 45.1 Å². The first-order valence-electron chi connectivity index (χ1n) is 13.8. The topological polar surface area (TPSA) is 104 Å². The van der Waals surface area contributed by atoms with E-state index in [9.17, 15) is 9.59 Å². The van der Waals surface area contributed by atoms with E-state index in [0.29, 0.717) is 63.4 Å². The van der Waals surface area contributed by atoms with Crippen LogP contribution in [-0.2, 0) is 19.5 Å². The minimum atomic E-state index is -0.516. The number of allylic oxidation sites excluding steroid dienone is 1. The Bertz CT molecular complexity index is 1990. The molecule has 0 amide bonds. The van der Waals surface area contributed by atoms with Crippen LogP contribution in [0.1, 0.15) is 47.6 Å². The van der Waals surface area contributed by atoms with Gasteiger partial charge >= 0.3 is 0 Å². The lowest BCUT2D eigenvalue weighted by Crippen LogP contribution is -2.33. The average Bonchev–Trinajstić information content (AvgIpc) is 3.01. The number of pyridine rings is 1. The van der Waals surface area contributed by atoms with Crippen LogP contribution in [0.4, 0.5) is 5.82 Å². The fraction of sp³-hybridized carbons (Fsp3) is 0.219. The number of nitrogens with zero attached hydrogens (tertiary/aromatic N) is 5. The maximum atomic E-state index is 13.9. The molecule has 6 rings (SSSR count). The Balaban J connectivity index is 1.41. The number of aromatic nitrogens is 5. The van der Waals surface area contributed by atoms with Crippen molar-refractivity contribution in [3.8, 4) is 5.75 Å². The normalized spacial score (nSPS) is 13.3. The molecule has 1 N–H and O–H groups in total. The monoisotopic (exact) mass is 614 g/mol. The smallest absolute Gasteiger partial charge is 0.262 e. The number of ether oxygens (including phenoxy) is 1. The summed E-state index contributed by atoms with van der Waals surface area (Å²) < 4.78 is 8.75. The molecule has 0 unspecified atom stereocenters. The Morgan fingerprint density at radius 3 is 2.58 bits per heavy atom. The van der Waals surface area contributed by atoms with Crippen molar-refractivity contribution in [1.29, 1.82) is 0 Å². The minimum absolute atomic E-state index is 0.198. The molecule has 0 radical (unpaired) electrons. The highest BCUT2D eigenvalue weighted by Gasteiger charge is 2.25. The van der Waals surface area contributed by atoms with E-state index in [1.165, 1.54) is 12.4 Å². The largest absolute Gasteiger partial charge is 0.497 e. The van der Waals surface area contributed by atoms with Crippen LogP contribution in [0.3, 0.4) is 0 Å². The van der Waals surface area contributed by atoms with Gasteiger partial charge < -0.3 is 14.6 Å². The van der Waals surface area contributed by atoms with Crippen molar-refractivity contribution in [2.24, 2.45) is 0 Å². The van der Waals surface area contributed by atoms with E-state index in [0.717, 1.165) is 16.9 Å². The van der Waals surface area contributed by atoms with Crippen molar-refractivity contribution in [1.82, 2.24) is 24.1 Å². The summed E-state index contributed by atoms with van der Waals surface area (Å²) in [6.07, 6.45) is 6.28. The van der Waals surface area contributed by atoms with Crippen LogP contribution in [0.25, 0.3) is 16.1 Å². The first kappa shape index (κ1) is 28.6. The van der Waals surface area contributed by atoms with Crippen LogP contribution in [0.5, 0.6) is 5.75 Å². The van der Waals surface area contributed by atoms with Gasteiger partial charge in [-0.1, -0.05) is 59.6 Å². The number of nitrogens with one attached hydrogen (secondary N) is 1. The van der Waals surface area contributed by atoms with E-state index in [4.69, 9.17) is 32.9 Å². The predicted octanol–water partition coefficient (Wildman–Crippen LogP) is 5.81. The number of aryl methyl sites for hydroxylation is 1. The number of rotatable bonds is 8. The molecule has 9 nitrogen and oxygen atoms in total. The van der Waals surface area contributed by atoms with Crippen molar-refractivity contribution in [3.05, 3.63) is 127 Å². The van der Waals surface area contributed by atoms with Crippen LogP contribution >= 0.6 is 23.2 Å². The molecule has 3 aromatic heterocycles. The number of halogens is 2. The number of hydrogen-bond donors (Lipinski definition) is 1. The van der Waals surface area contributed by atoms with E-state index in [1.54, 1.807) is 23.9 Å². The molecule has 0 saturated heterocycles. The Morgan fingerprint density at radius 1 is 1.02 bits per heavy atom. The number of fused-ring (bicyclic) bond motifs is 2. The van der Waals surface area contributed by atoms with Crippen LogP contribution in [0.15, 0.2) is 82.8 Å². The number of methoxy groups -OCH3 is 1. The maximum absolute atomic E-state index is 13.9. The second-order valence-electron chi connectivity index (χ2n) is 10.3. The SMILES string of the molecule is COc1ccc(Cn2ccc(=O)c3c(N[C@@H](C)c4nc5c(c(=O)n4Cc4ccccc4Cl)C(Cl)=CCC5)ncnc32)cc1. The summed E-state index contributed by atoms with van der Waals surface area (Å²) in [5.41, 5.74) is 2.85. The van der Waals surface area contributed by atoms with Crippen LogP contribution in [-0.4, -0.2) is 31.2 Å². The fourth-order valence-corrected chi connectivity index (χ4v) is 5.82. The summed E-state index contributed by atoms with van der Waals surface area (Å²) in [5.74, 6) is 1.59. The van der Waals surface area contributed by atoms with Crippen molar-refractivity contribution in [2.45, 2.75) is 38.9 Å². The molecule has 5 aromatic rings. The van der Waals surface area contributed by atoms with E-state index in [-0.39, 0.29) is 17.5 Å². The minimum Gasteiger partial charge on any atom is -0.497 e. The highest BCUT2D eigenvalue weighted by Crippen LogP contribution is 2.29. The van der Waals surface area contributed by atoms with Crippen LogP contribution in [0.2, 0.25) is 5.02 Å². The molecule has 1 atom stereocenters. The summed E-state index contributed by atoms with van der Waals surface area (Å²) in [4.78, 5) is 40.9. The van der Waals surface area contributed by atoms with Gasteiger partial charge in [-0.2, -0.15) is 0 Å². The Hall–Kier alpha value is -4.47. The Labute approximate surface area is 257 Å². The van der Waals surface area contributed by atoms with Gasteiger partial charge in [-0.05, 0) is 49.1 Å². The number of hydrogen-bond acceptors (Lipinski definition) is 7. The van der Waals surface area contributed by atoms with E-state index < -0.39 is 6.04 Å². The summed E-state index contributed by atoms with van der Waals surface area (Å²) in [6, 6.07) is 16.1. The third kappa shape index (κ3) is 5.66. The quantitative estimate of drug-likeness (QED) is 0.235. The molecule has 3 heterocycles. The zero-order valence-corrected chi connectivity index (χ0v) is 25.1. The zero-order valence-electron chi connectivity index (χ0n) is 23.6. The van der Waals surface area contributed by atoms with Gasteiger partial charge in [0.1, 0.15) is 34.8 Å². The van der Waals surface area contributed by atoms with Gasteiger partial charge in [0, 0.05) is 23.8 Å². The van der Waals surface area contributed by atoms with Gasteiger partial charge in [0.15, 0.2) is 5.43 Å². The van der Waals surface area contributed by atoms with Gasteiger partial charge in [0.05, 0.1) is 36.0 Å².